The number of hydrogen-bond donors (Lipinski definition) is 1. The lowest BCUT2D eigenvalue weighted by atomic mass is 10.2. The zero-order valence-corrected chi connectivity index (χ0v) is 9.27. The molecule has 2 aromatic rings. The number of hydrogen-bond acceptors (Lipinski definition) is 5. The summed E-state index contributed by atoms with van der Waals surface area (Å²) < 4.78 is 15.5. The van der Waals surface area contributed by atoms with Gasteiger partial charge >= 0.3 is 0 Å². The van der Waals surface area contributed by atoms with Crippen LogP contribution in [0.1, 0.15) is 5.82 Å². The average molecular weight is 233 g/mol. The molecule has 0 amide bonds. The largest absolute Gasteiger partial charge is 0.454 e. The maximum Gasteiger partial charge on any atom is 0.231 e. The molecule has 0 radical (unpaired) electrons. The van der Waals surface area contributed by atoms with Crippen molar-refractivity contribution in [1.29, 1.82) is 0 Å². The average Bonchev–Trinajstić information content (AvgIpc) is 2.96. The van der Waals surface area contributed by atoms with Gasteiger partial charge in [-0.25, -0.2) is 4.98 Å². The third kappa shape index (κ3) is 1.83. The summed E-state index contributed by atoms with van der Waals surface area (Å²) in [6.07, 6.45) is 0. The molecular weight excluding hydrogens is 222 g/mol. The Morgan fingerprint density at radius 2 is 2.24 bits per heavy atom. The van der Waals surface area contributed by atoms with Gasteiger partial charge in [0.2, 0.25) is 6.79 Å². The van der Waals surface area contributed by atoms with Crippen molar-refractivity contribution in [2.24, 2.45) is 0 Å². The summed E-state index contributed by atoms with van der Waals surface area (Å²) in [5.41, 5.74) is 0.882. The molecule has 17 heavy (non-hydrogen) atoms. The van der Waals surface area contributed by atoms with Crippen molar-refractivity contribution in [3.63, 3.8) is 0 Å². The predicted octanol–water partition coefficient (Wildman–Crippen LogP) is 1.35. The van der Waals surface area contributed by atoms with Crippen molar-refractivity contribution in [1.82, 2.24) is 15.2 Å². The van der Waals surface area contributed by atoms with E-state index < -0.39 is 0 Å². The summed E-state index contributed by atoms with van der Waals surface area (Å²) in [5, 5.41) is 6.93. The van der Waals surface area contributed by atoms with Gasteiger partial charge in [0.05, 0.1) is 0 Å². The molecule has 0 saturated carbocycles. The minimum atomic E-state index is 0.266. The minimum Gasteiger partial charge on any atom is -0.454 e. The molecule has 1 aromatic carbocycles. The van der Waals surface area contributed by atoms with Gasteiger partial charge in [0.15, 0.2) is 23.1 Å². The molecule has 0 saturated heterocycles. The highest BCUT2D eigenvalue weighted by Crippen LogP contribution is 2.34. The first-order chi connectivity index (χ1) is 8.36. The lowest BCUT2D eigenvalue weighted by Gasteiger charge is -1.98. The van der Waals surface area contributed by atoms with E-state index >= 15 is 0 Å². The van der Waals surface area contributed by atoms with Gasteiger partial charge in [-0.15, -0.1) is 0 Å². The van der Waals surface area contributed by atoms with E-state index in [0.29, 0.717) is 18.3 Å². The van der Waals surface area contributed by atoms with E-state index in [2.05, 4.69) is 15.2 Å². The maximum atomic E-state index is 5.30. The molecule has 3 rings (SSSR count). The molecule has 0 spiro atoms. The molecule has 1 aliphatic rings. The van der Waals surface area contributed by atoms with Gasteiger partial charge in [-0.1, -0.05) is 0 Å². The highest BCUT2D eigenvalue weighted by atomic mass is 16.7. The van der Waals surface area contributed by atoms with Crippen molar-refractivity contribution in [2.45, 2.75) is 6.61 Å². The van der Waals surface area contributed by atoms with Crippen LogP contribution in [0.4, 0.5) is 0 Å². The van der Waals surface area contributed by atoms with Crippen LogP contribution in [0.5, 0.6) is 11.5 Å². The van der Waals surface area contributed by atoms with E-state index in [9.17, 15) is 0 Å². The Morgan fingerprint density at radius 3 is 3.12 bits per heavy atom. The number of fused-ring (bicyclic) bond motifs is 1. The molecule has 6 heteroatoms. The zero-order chi connectivity index (χ0) is 11.7. The van der Waals surface area contributed by atoms with Gasteiger partial charge in [0, 0.05) is 12.7 Å². The second-order valence-corrected chi connectivity index (χ2v) is 3.61. The molecule has 0 atom stereocenters. The highest BCUT2D eigenvalue weighted by Gasteiger charge is 2.15. The molecule has 1 N–H and O–H groups in total. The molecular formula is C11H11N3O3. The van der Waals surface area contributed by atoms with Crippen LogP contribution in [0.3, 0.4) is 0 Å². The third-order valence-corrected chi connectivity index (χ3v) is 2.44. The number of methoxy groups -OCH3 is 1. The highest BCUT2D eigenvalue weighted by molar-refractivity contribution is 5.61. The summed E-state index contributed by atoms with van der Waals surface area (Å²) in [5.74, 6) is 2.79. The number of H-pyrrole nitrogens is 1. The summed E-state index contributed by atoms with van der Waals surface area (Å²) in [7, 11) is 1.61. The Kier molecular flexibility index (Phi) is 2.41. The Hall–Kier alpha value is -2.08. The van der Waals surface area contributed by atoms with E-state index in [1.807, 2.05) is 18.2 Å². The van der Waals surface area contributed by atoms with Crippen LogP contribution < -0.4 is 9.47 Å². The van der Waals surface area contributed by atoms with Crippen LogP contribution in [-0.2, 0) is 11.3 Å². The lowest BCUT2D eigenvalue weighted by Crippen LogP contribution is -1.92. The van der Waals surface area contributed by atoms with E-state index in [4.69, 9.17) is 14.2 Å². The smallest absolute Gasteiger partial charge is 0.231 e. The van der Waals surface area contributed by atoms with Crippen LogP contribution in [0.15, 0.2) is 18.2 Å². The van der Waals surface area contributed by atoms with Crippen molar-refractivity contribution < 1.29 is 14.2 Å². The molecule has 88 valence electrons. The SMILES string of the molecule is COCc1nc(-c2ccc3c(c2)OCO3)n[nH]1. The quantitative estimate of drug-likeness (QED) is 0.866. The molecule has 0 fully saturated rings. The third-order valence-electron chi connectivity index (χ3n) is 2.44. The van der Waals surface area contributed by atoms with Gasteiger partial charge in [0.1, 0.15) is 6.61 Å². The second kappa shape index (κ2) is 4.06. The summed E-state index contributed by atoms with van der Waals surface area (Å²) in [4.78, 5) is 4.31. The van der Waals surface area contributed by atoms with E-state index in [0.717, 1.165) is 17.1 Å². The van der Waals surface area contributed by atoms with Gasteiger partial charge in [-0.2, -0.15) is 5.10 Å². The van der Waals surface area contributed by atoms with Gasteiger partial charge in [0.25, 0.3) is 0 Å². The molecule has 0 aliphatic carbocycles. The Labute approximate surface area is 97.5 Å². The predicted molar refractivity (Wildman–Crippen MR) is 58.7 cm³/mol. The van der Waals surface area contributed by atoms with Crippen LogP contribution in [-0.4, -0.2) is 29.1 Å². The van der Waals surface area contributed by atoms with Crippen LogP contribution >= 0.6 is 0 Å². The summed E-state index contributed by atoms with van der Waals surface area (Å²) in [6, 6.07) is 5.61. The molecule has 0 bridgehead atoms. The molecule has 6 nitrogen and oxygen atoms in total. The Bertz CT molecular complexity index is 539. The maximum absolute atomic E-state index is 5.30. The fourth-order valence-electron chi connectivity index (χ4n) is 1.66. The lowest BCUT2D eigenvalue weighted by molar-refractivity contribution is 0.174. The fraction of sp³-hybridized carbons (Fsp3) is 0.273. The fourth-order valence-corrected chi connectivity index (χ4v) is 1.66. The number of aromatic amines is 1. The summed E-state index contributed by atoms with van der Waals surface area (Å²) in [6.45, 7) is 0.680. The van der Waals surface area contributed by atoms with Crippen LogP contribution in [0.2, 0.25) is 0 Å². The number of rotatable bonds is 3. The second-order valence-electron chi connectivity index (χ2n) is 3.61. The van der Waals surface area contributed by atoms with Crippen molar-refractivity contribution >= 4 is 0 Å². The molecule has 1 aromatic heterocycles. The number of aromatic nitrogens is 3. The van der Waals surface area contributed by atoms with E-state index in [1.165, 1.54) is 0 Å². The van der Waals surface area contributed by atoms with Crippen molar-refractivity contribution in [2.75, 3.05) is 13.9 Å². The van der Waals surface area contributed by atoms with Crippen LogP contribution in [0, 0.1) is 0 Å². The van der Waals surface area contributed by atoms with Crippen LogP contribution in [0.25, 0.3) is 11.4 Å². The minimum absolute atomic E-state index is 0.266. The molecule has 0 unspecified atom stereocenters. The number of benzene rings is 1. The first-order valence-electron chi connectivity index (χ1n) is 5.17. The number of nitrogens with zero attached hydrogens (tertiary/aromatic N) is 2. The zero-order valence-electron chi connectivity index (χ0n) is 9.27. The molecule has 2 heterocycles. The van der Waals surface area contributed by atoms with Gasteiger partial charge < -0.3 is 14.2 Å². The first kappa shape index (κ1) is 10.1. The number of ether oxygens (including phenoxy) is 3. The Balaban J connectivity index is 1.92. The van der Waals surface area contributed by atoms with Crippen molar-refractivity contribution in [3.8, 4) is 22.9 Å². The standard InChI is InChI=1S/C11H11N3O3/c1-15-5-10-12-11(14-13-10)7-2-3-8-9(4-7)17-6-16-8/h2-4H,5-6H2,1H3,(H,12,13,14). The van der Waals surface area contributed by atoms with E-state index in [1.54, 1.807) is 7.11 Å². The van der Waals surface area contributed by atoms with Gasteiger partial charge in [-0.3, -0.25) is 5.10 Å². The monoisotopic (exact) mass is 233 g/mol. The topological polar surface area (TPSA) is 69.3 Å². The summed E-state index contributed by atoms with van der Waals surface area (Å²) >= 11 is 0. The number of nitrogens with one attached hydrogen (secondary N) is 1. The normalized spacial score (nSPS) is 13.0. The molecule has 1 aliphatic heterocycles. The van der Waals surface area contributed by atoms with E-state index in [-0.39, 0.29) is 6.79 Å². The van der Waals surface area contributed by atoms with Crippen molar-refractivity contribution in [3.05, 3.63) is 24.0 Å². The van der Waals surface area contributed by atoms with Gasteiger partial charge in [-0.05, 0) is 18.2 Å². The first-order valence-corrected chi connectivity index (χ1v) is 5.17. The Morgan fingerprint density at radius 1 is 1.35 bits per heavy atom.